The molecule has 2 nitrogen and oxygen atoms in total. The van der Waals surface area contributed by atoms with Crippen molar-refractivity contribution in [3.63, 3.8) is 0 Å². The maximum absolute atomic E-state index is 3.83. The van der Waals surface area contributed by atoms with Gasteiger partial charge in [-0.15, -0.1) is 0 Å². The van der Waals surface area contributed by atoms with Crippen molar-refractivity contribution < 1.29 is 0 Å². The number of hydrogen-bond donors (Lipinski definition) is 1. The molecule has 0 aromatic heterocycles. The third-order valence-corrected chi connectivity index (χ3v) is 4.88. The Balaban J connectivity index is 1.85. The van der Waals surface area contributed by atoms with Gasteiger partial charge in [0, 0.05) is 24.0 Å². The number of benzene rings is 1. The van der Waals surface area contributed by atoms with Crippen LogP contribution in [0.4, 0.5) is 0 Å². The lowest BCUT2D eigenvalue weighted by Gasteiger charge is -2.29. The molecule has 1 aromatic rings. The summed E-state index contributed by atoms with van der Waals surface area (Å²) in [5.41, 5.74) is 1.63. The highest BCUT2D eigenvalue weighted by Gasteiger charge is 2.23. The maximum atomic E-state index is 3.83. The predicted octanol–water partition coefficient (Wildman–Crippen LogP) is 3.82. The average Bonchev–Trinajstić information content (AvgIpc) is 2.72. The minimum atomic E-state index is 0.200. The van der Waals surface area contributed by atoms with Gasteiger partial charge >= 0.3 is 0 Å². The normalized spacial score (nSPS) is 21.5. The molecule has 1 aromatic carbocycles. The molecule has 0 spiro atoms. The van der Waals surface area contributed by atoms with Gasteiger partial charge in [0.2, 0.25) is 0 Å². The Kier molecular flexibility index (Phi) is 5.83. The molecule has 1 heterocycles. The summed E-state index contributed by atoms with van der Waals surface area (Å²) in [5, 5.41) is 3.83. The molecule has 1 aliphatic heterocycles. The van der Waals surface area contributed by atoms with E-state index in [9.17, 15) is 0 Å². The molecular formula is C19H32N2. The minimum absolute atomic E-state index is 0.200. The first-order chi connectivity index (χ1) is 9.99. The van der Waals surface area contributed by atoms with Crippen LogP contribution in [0, 0.1) is 0 Å². The topological polar surface area (TPSA) is 15.3 Å². The Bertz CT molecular complexity index is 411. The van der Waals surface area contributed by atoms with Gasteiger partial charge in [-0.3, -0.25) is 0 Å². The predicted molar refractivity (Wildman–Crippen MR) is 91.8 cm³/mol. The zero-order chi connectivity index (χ0) is 15.3. The van der Waals surface area contributed by atoms with Crippen LogP contribution in [0.3, 0.4) is 0 Å². The van der Waals surface area contributed by atoms with Gasteiger partial charge in [-0.05, 0) is 51.8 Å². The fraction of sp³-hybridized carbons (Fsp3) is 0.684. The second-order valence-corrected chi connectivity index (χ2v) is 7.39. The third-order valence-electron chi connectivity index (χ3n) is 4.88. The number of likely N-dealkylation sites (tertiary alicyclic amines) is 1. The van der Waals surface area contributed by atoms with Gasteiger partial charge in [0.05, 0.1) is 0 Å². The first-order valence-corrected chi connectivity index (χ1v) is 8.52. The van der Waals surface area contributed by atoms with E-state index in [2.05, 4.69) is 68.2 Å². The lowest BCUT2D eigenvalue weighted by Crippen LogP contribution is -2.40. The van der Waals surface area contributed by atoms with Crippen molar-refractivity contribution in [3.05, 3.63) is 35.9 Å². The SMILES string of the molecule is CC(C)N1CCCC(NCC(C)(C)c2ccccc2)CC1. The number of rotatable bonds is 5. The van der Waals surface area contributed by atoms with Crippen molar-refractivity contribution in [2.24, 2.45) is 0 Å². The fourth-order valence-corrected chi connectivity index (χ4v) is 3.23. The van der Waals surface area contributed by atoms with Crippen LogP contribution in [0.1, 0.15) is 52.5 Å². The molecule has 0 radical (unpaired) electrons. The minimum Gasteiger partial charge on any atom is -0.313 e. The molecule has 1 fully saturated rings. The van der Waals surface area contributed by atoms with Gasteiger partial charge in [-0.25, -0.2) is 0 Å². The zero-order valence-electron chi connectivity index (χ0n) is 14.2. The molecule has 1 saturated heterocycles. The Morgan fingerprint density at radius 1 is 1.14 bits per heavy atom. The first-order valence-electron chi connectivity index (χ1n) is 8.52. The largest absolute Gasteiger partial charge is 0.313 e. The van der Waals surface area contributed by atoms with Gasteiger partial charge in [0.1, 0.15) is 0 Å². The van der Waals surface area contributed by atoms with E-state index in [0.29, 0.717) is 12.1 Å². The van der Waals surface area contributed by atoms with E-state index in [1.165, 1.54) is 37.9 Å². The average molecular weight is 288 g/mol. The van der Waals surface area contributed by atoms with Gasteiger partial charge in [0.15, 0.2) is 0 Å². The maximum Gasteiger partial charge on any atom is 0.00800 e. The van der Waals surface area contributed by atoms with Crippen molar-refractivity contribution in [1.82, 2.24) is 10.2 Å². The summed E-state index contributed by atoms with van der Waals surface area (Å²) in [4.78, 5) is 2.62. The number of nitrogens with one attached hydrogen (secondary N) is 1. The molecule has 0 amide bonds. The summed E-state index contributed by atoms with van der Waals surface area (Å²) in [6.07, 6.45) is 3.92. The van der Waals surface area contributed by atoms with Crippen LogP contribution in [0.15, 0.2) is 30.3 Å². The smallest absolute Gasteiger partial charge is 0.00800 e. The molecule has 118 valence electrons. The molecule has 1 atom stereocenters. The Labute approximate surface area is 130 Å². The highest BCUT2D eigenvalue weighted by atomic mass is 15.1. The van der Waals surface area contributed by atoms with Crippen molar-refractivity contribution in [2.75, 3.05) is 19.6 Å². The molecular weight excluding hydrogens is 256 g/mol. The first kappa shape index (κ1) is 16.5. The molecule has 1 unspecified atom stereocenters. The van der Waals surface area contributed by atoms with Crippen LogP contribution >= 0.6 is 0 Å². The van der Waals surface area contributed by atoms with E-state index in [4.69, 9.17) is 0 Å². The summed E-state index contributed by atoms with van der Waals surface area (Å²) in [5.74, 6) is 0. The van der Waals surface area contributed by atoms with Gasteiger partial charge in [-0.1, -0.05) is 44.2 Å². The van der Waals surface area contributed by atoms with Crippen LogP contribution in [-0.2, 0) is 5.41 Å². The van der Waals surface area contributed by atoms with Crippen LogP contribution in [-0.4, -0.2) is 36.6 Å². The van der Waals surface area contributed by atoms with Gasteiger partial charge in [0.25, 0.3) is 0 Å². The van der Waals surface area contributed by atoms with E-state index in [-0.39, 0.29) is 5.41 Å². The van der Waals surface area contributed by atoms with E-state index in [1.807, 2.05) is 0 Å². The second kappa shape index (κ2) is 7.42. The van der Waals surface area contributed by atoms with Crippen molar-refractivity contribution >= 4 is 0 Å². The molecule has 1 N–H and O–H groups in total. The van der Waals surface area contributed by atoms with Gasteiger partial charge < -0.3 is 10.2 Å². The molecule has 0 saturated carbocycles. The van der Waals surface area contributed by atoms with Crippen LogP contribution in [0.5, 0.6) is 0 Å². The molecule has 0 bridgehead atoms. The van der Waals surface area contributed by atoms with Crippen molar-refractivity contribution in [1.29, 1.82) is 0 Å². The standard InChI is InChI=1S/C19H32N2/c1-16(2)21-13-8-11-18(12-14-21)20-15-19(3,4)17-9-6-5-7-10-17/h5-7,9-10,16,18,20H,8,11-15H2,1-4H3. The van der Waals surface area contributed by atoms with Crippen LogP contribution in [0.2, 0.25) is 0 Å². The monoisotopic (exact) mass is 288 g/mol. The summed E-state index contributed by atoms with van der Waals surface area (Å²) < 4.78 is 0. The van der Waals surface area contributed by atoms with E-state index in [0.717, 1.165) is 6.54 Å². The Morgan fingerprint density at radius 3 is 2.52 bits per heavy atom. The lowest BCUT2D eigenvalue weighted by molar-refractivity contribution is 0.228. The van der Waals surface area contributed by atoms with E-state index < -0.39 is 0 Å². The molecule has 21 heavy (non-hydrogen) atoms. The summed E-state index contributed by atoms with van der Waals surface area (Å²) in [6.45, 7) is 12.9. The molecule has 2 heteroatoms. The number of hydrogen-bond acceptors (Lipinski definition) is 2. The second-order valence-electron chi connectivity index (χ2n) is 7.39. The quantitative estimate of drug-likeness (QED) is 0.886. The molecule has 2 rings (SSSR count). The summed E-state index contributed by atoms with van der Waals surface area (Å²) >= 11 is 0. The van der Waals surface area contributed by atoms with Crippen LogP contribution < -0.4 is 5.32 Å². The Morgan fingerprint density at radius 2 is 1.86 bits per heavy atom. The fourth-order valence-electron chi connectivity index (χ4n) is 3.23. The number of nitrogens with zero attached hydrogens (tertiary/aromatic N) is 1. The summed E-state index contributed by atoms with van der Waals surface area (Å²) in [7, 11) is 0. The van der Waals surface area contributed by atoms with Crippen molar-refractivity contribution in [3.8, 4) is 0 Å². The molecule has 0 aliphatic carbocycles. The lowest BCUT2D eigenvalue weighted by atomic mass is 9.84. The van der Waals surface area contributed by atoms with Gasteiger partial charge in [-0.2, -0.15) is 0 Å². The van der Waals surface area contributed by atoms with Crippen molar-refractivity contribution in [2.45, 2.75) is 64.5 Å². The van der Waals surface area contributed by atoms with Crippen LogP contribution in [0.25, 0.3) is 0 Å². The molecule has 1 aliphatic rings. The highest BCUT2D eigenvalue weighted by Crippen LogP contribution is 2.23. The zero-order valence-corrected chi connectivity index (χ0v) is 14.2. The Hall–Kier alpha value is -0.860. The van der Waals surface area contributed by atoms with E-state index in [1.54, 1.807) is 0 Å². The summed E-state index contributed by atoms with van der Waals surface area (Å²) in [6, 6.07) is 12.2. The third kappa shape index (κ3) is 4.82. The highest BCUT2D eigenvalue weighted by molar-refractivity contribution is 5.23. The van der Waals surface area contributed by atoms with E-state index >= 15 is 0 Å².